The van der Waals surface area contributed by atoms with Gasteiger partial charge in [-0.25, -0.2) is 14.8 Å². The summed E-state index contributed by atoms with van der Waals surface area (Å²) in [6, 6.07) is 10.8. The normalized spacial score (nSPS) is 21.7. The molecule has 10 nitrogen and oxygen atoms in total. The van der Waals surface area contributed by atoms with Gasteiger partial charge in [-0.05, 0) is 56.7 Å². The summed E-state index contributed by atoms with van der Waals surface area (Å²) in [4.78, 5) is 38.9. The van der Waals surface area contributed by atoms with E-state index in [-0.39, 0.29) is 23.9 Å². The zero-order chi connectivity index (χ0) is 30.6. The molecule has 0 radical (unpaired) electrons. The van der Waals surface area contributed by atoms with Crippen molar-refractivity contribution in [2.24, 2.45) is 4.99 Å². The lowest BCUT2D eigenvalue weighted by Crippen LogP contribution is -2.45. The quantitative estimate of drug-likeness (QED) is 0.532. The van der Waals surface area contributed by atoms with Gasteiger partial charge in [0, 0.05) is 39.3 Å². The number of hydrogen-bond donors (Lipinski definition) is 1. The minimum Gasteiger partial charge on any atom is -0.449 e. The van der Waals surface area contributed by atoms with Crippen molar-refractivity contribution in [3.63, 3.8) is 0 Å². The number of alkyl halides is 3. The van der Waals surface area contributed by atoms with Gasteiger partial charge >= 0.3 is 12.3 Å². The Bertz CT molecular complexity index is 1280. The lowest BCUT2D eigenvalue weighted by molar-refractivity contribution is -0.165. The van der Waals surface area contributed by atoms with Crippen LogP contribution in [0.15, 0.2) is 53.7 Å². The number of halogens is 3. The molecular weight excluding hydrogens is 565 g/mol. The van der Waals surface area contributed by atoms with E-state index in [0.717, 1.165) is 19.3 Å². The van der Waals surface area contributed by atoms with Gasteiger partial charge in [0.1, 0.15) is 5.82 Å². The van der Waals surface area contributed by atoms with Gasteiger partial charge in [-0.2, -0.15) is 13.2 Å². The highest BCUT2D eigenvalue weighted by atomic mass is 19.4. The van der Waals surface area contributed by atoms with Crippen LogP contribution in [-0.2, 0) is 14.3 Å². The molecule has 0 aliphatic carbocycles. The molecule has 1 N–H and O–H groups in total. The number of rotatable bonds is 5. The van der Waals surface area contributed by atoms with Crippen LogP contribution >= 0.6 is 0 Å². The molecule has 1 aromatic heterocycles. The number of amidine groups is 1. The number of likely N-dealkylation sites (tertiary alicyclic amines) is 1. The molecule has 3 aliphatic heterocycles. The van der Waals surface area contributed by atoms with Crippen molar-refractivity contribution in [1.82, 2.24) is 14.8 Å². The van der Waals surface area contributed by atoms with Crippen LogP contribution in [0.1, 0.15) is 44.6 Å². The van der Waals surface area contributed by atoms with E-state index < -0.39 is 24.2 Å². The van der Waals surface area contributed by atoms with Crippen LogP contribution in [0.3, 0.4) is 0 Å². The molecule has 2 unspecified atom stereocenters. The third-order valence-corrected chi connectivity index (χ3v) is 7.83. The molecule has 1 aromatic carbocycles. The van der Waals surface area contributed by atoms with Gasteiger partial charge in [0.15, 0.2) is 6.04 Å². The third kappa shape index (κ3) is 7.49. The highest BCUT2D eigenvalue weighted by Gasteiger charge is 2.54. The smallest absolute Gasteiger partial charge is 0.415 e. The Morgan fingerprint density at radius 2 is 1.72 bits per heavy atom. The molecule has 2 aromatic rings. The standard InChI is InChI=1S/C30H37F3N6O4/c1-20(2)42-29(41)39-14-6-13-37(17-18-39)24-10-9-23(19-34-24)35-27(40)25-26(30(31,32)33)36-28(43-25)38-15-11-22(12-16-38)21-7-4-3-5-8-21/h3-5,7-10,19-20,22,25-26H,6,11-18H2,1-2H3,(H,35,40). The Labute approximate surface area is 248 Å². The summed E-state index contributed by atoms with van der Waals surface area (Å²) in [5.41, 5.74) is 1.44. The SMILES string of the molecule is CC(C)OC(=O)N1CCCN(c2ccc(NC(=O)C3OC(N4CCC(c5ccccc5)CC4)=NC3C(F)(F)F)cn2)CC1. The van der Waals surface area contributed by atoms with Gasteiger partial charge in [-0.3, -0.25) is 4.79 Å². The molecule has 0 bridgehead atoms. The molecule has 13 heteroatoms. The van der Waals surface area contributed by atoms with Crippen molar-refractivity contribution in [3.05, 3.63) is 54.2 Å². The highest BCUT2D eigenvalue weighted by molar-refractivity contribution is 5.97. The summed E-state index contributed by atoms with van der Waals surface area (Å²) in [7, 11) is 0. The van der Waals surface area contributed by atoms with Crippen molar-refractivity contribution in [1.29, 1.82) is 0 Å². The predicted octanol–water partition coefficient (Wildman–Crippen LogP) is 4.64. The van der Waals surface area contributed by atoms with Crippen LogP contribution in [0.5, 0.6) is 0 Å². The average Bonchev–Trinajstić information content (AvgIpc) is 3.31. The number of hydrogen-bond acceptors (Lipinski definition) is 8. The largest absolute Gasteiger partial charge is 0.449 e. The Morgan fingerprint density at radius 3 is 2.37 bits per heavy atom. The van der Waals surface area contributed by atoms with Crippen LogP contribution in [0, 0.1) is 0 Å². The van der Waals surface area contributed by atoms with E-state index in [1.54, 1.807) is 35.8 Å². The molecule has 3 aliphatic rings. The summed E-state index contributed by atoms with van der Waals surface area (Å²) < 4.78 is 52.7. The van der Waals surface area contributed by atoms with Crippen LogP contribution in [-0.4, -0.2) is 96.5 Å². The van der Waals surface area contributed by atoms with E-state index in [1.807, 2.05) is 23.1 Å². The molecule has 0 spiro atoms. The number of benzene rings is 1. The summed E-state index contributed by atoms with van der Waals surface area (Å²) in [6.45, 7) is 6.80. The van der Waals surface area contributed by atoms with Crippen molar-refractivity contribution >= 4 is 29.5 Å². The van der Waals surface area contributed by atoms with E-state index in [2.05, 4.69) is 27.4 Å². The second kappa shape index (κ2) is 13.1. The number of aromatic nitrogens is 1. The fraction of sp³-hybridized carbons (Fsp3) is 0.533. The Kier molecular flexibility index (Phi) is 9.26. The molecule has 2 amide bonds. The van der Waals surface area contributed by atoms with E-state index in [1.165, 1.54) is 11.8 Å². The minimum absolute atomic E-state index is 0.144. The van der Waals surface area contributed by atoms with Gasteiger partial charge in [0.25, 0.3) is 11.9 Å². The average molecular weight is 603 g/mol. The number of nitrogens with one attached hydrogen (secondary N) is 1. The zero-order valence-corrected chi connectivity index (χ0v) is 24.3. The van der Waals surface area contributed by atoms with Crippen LogP contribution in [0.25, 0.3) is 0 Å². The van der Waals surface area contributed by atoms with E-state index in [4.69, 9.17) is 9.47 Å². The van der Waals surface area contributed by atoms with Crippen LogP contribution in [0.2, 0.25) is 0 Å². The minimum atomic E-state index is -4.75. The second-order valence-corrected chi connectivity index (χ2v) is 11.3. The number of carbonyl (C=O) groups excluding carboxylic acids is 2. The molecule has 2 saturated heterocycles. The first kappa shape index (κ1) is 30.4. The molecule has 4 heterocycles. The molecule has 2 fully saturated rings. The predicted molar refractivity (Wildman–Crippen MR) is 155 cm³/mol. The van der Waals surface area contributed by atoms with Gasteiger partial charge in [-0.15, -0.1) is 0 Å². The molecule has 2 atom stereocenters. The van der Waals surface area contributed by atoms with E-state index >= 15 is 0 Å². The number of amides is 2. The fourth-order valence-electron chi connectivity index (χ4n) is 5.59. The number of aliphatic imine (C=N–C) groups is 1. The van der Waals surface area contributed by atoms with Crippen molar-refractivity contribution in [3.8, 4) is 0 Å². The molecular formula is C30H37F3N6O4. The third-order valence-electron chi connectivity index (χ3n) is 7.83. The summed E-state index contributed by atoms with van der Waals surface area (Å²) >= 11 is 0. The lowest BCUT2D eigenvalue weighted by Gasteiger charge is -2.32. The summed E-state index contributed by atoms with van der Waals surface area (Å²) in [5.74, 6) is -0.00201. The molecule has 5 rings (SSSR count). The number of anilines is 2. The first-order valence-corrected chi connectivity index (χ1v) is 14.7. The highest BCUT2D eigenvalue weighted by Crippen LogP contribution is 2.34. The topological polar surface area (TPSA) is 99.6 Å². The Balaban J connectivity index is 1.17. The van der Waals surface area contributed by atoms with E-state index in [9.17, 15) is 22.8 Å². The number of nitrogens with zero attached hydrogens (tertiary/aromatic N) is 5. The van der Waals surface area contributed by atoms with Gasteiger partial charge in [-0.1, -0.05) is 30.3 Å². The number of ether oxygens (including phenoxy) is 2. The summed E-state index contributed by atoms with van der Waals surface area (Å²) in [5, 5.41) is 2.51. The van der Waals surface area contributed by atoms with E-state index in [0.29, 0.717) is 51.0 Å². The van der Waals surface area contributed by atoms with Gasteiger partial charge in [0.05, 0.1) is 18.0 Å². The fourth-order valence-corrected chi connectivity index (χ4v) is 5.59. The Hall–Kier alpha value is -4.03. The monoisotopic (exact) mass is 602 g/mol. The number of piperidine rings is 1. The van der Waals surface area contributed by atoms with Gasteiger partial charge < -0.3 is 29.5 Å². The molecule has 232 valence electrons. The maximum atomic E-state index is 13.9. The Morgan fingerprint density at radius 1 is 0.977 bits per heavy atom. The molecule has 43 heavy (non-hydrogen) atoms. The van der Waals surface area contributed by atoms with Crippen molar-refractivity contribution in [2.75, 3.05) is 49.5 Å². The first-order chi connectivity index (χ1) is 20.6. The van der Waals surface area contributed by atoms with Crippen LogP contribution in [0.4, 0.5) is 29.5 Å². The molecule has 0 saturated carbocycles. The number of carbonyl (C=O) groups is 2. The summed E-state index contributed by atoms with van der Waals surface area (Å²) in [6.07, 6.45) is -3.54. The van der Waals surface area contributed by atoms with Crippen molar-refractivity contribution in [2.45, 2.75) is 63.5 Å². The van der Waals surface area contributed by atoms with Crippen molar-refractivity contribution < 1.29 is 32.2 Å². The lowest BCUT2D eigenvalue weighted by atomic mass is 9.90. The first-order valence-electron chi connectivity index (χ1n) is 14.7. The second-order valence-electron chi connectivity index (χ2n) is 11.3. The maximum Gasteiger partial charge on any atom is 0.415 e. The maximum absolute atomic E-state index is 13.9. The van der Waals surface area contributed by atoms with Crippen LogP contribution < -0.4 is 10.2 Å². The van der Waals surface area contributed by atoms with Gasteiger partial charge in [0.2, 0.25) is 6.10 Å². The number of pyridine rings is 1. The zero-order valence-electron chi connectivity index (χ0n) is 24.3.